The molecule has 2 aliphatic rings. The van der Waals surface area contributed by atoms with Crippen LogP contribution < -0.4 is 5.32 Å². The molecule has 0 atom stereocenters. The fourth-order valence-corrected chi connectivity index (χ4v) is 2.33. The van der Waals surface area contributed by atoms with E-state index in [-0.39, 0.29) is 24.0 Å². The molecule has 0 saturated carbocycles. The van der Waals surface area contributed by atoms with Gasteiger partial charge in [-0.05, 0) is 31.8 Å². The third kappa shape index (κ3) is 4.62. The Labute approximate surface area is 122 Å². The molecule has 2 rings (SSSR count). The van der Waals surface area contributed by atoms with Gasteiger partial charge in [0.15, 0.2) is 5.96 Å². The molecule has 0 bridgehead atoms. The Bertz CT molecular complexity index is 249. The van der Waals surface area contributed by atoms with Crippen LogP contribution in [0.5, 0.6) is 0 Å². The molecule has 1 saturated heterocycles. The van der Waals surface area contributed by atoms with Gasteiger partial charge in [0.25, 0.3) is 0 Å². The van der Waals surface area contributed by atoms with Crippen molar-refractivity contribution in [1.82, 2.24) is 15.1 Å². The van der Waals surface area contributed by atoms with Gasteiger partial charge in [0.1, 0.15) is 0 Å². The molecular formula is C12H25IN4. The number of likely N-dealkylation sites (tertiary alicyclic amines) is 1. The molecule has 0 aromatic rings. The molecule has 0 aromatic heterocycles. The van der Waals surface area contributed by atoms with E-state index in [9.17, 15) is 0 Å². The van der Waals surface area contributed by atoms with Gasteiger partial charge in [-0.2, -0.15) is 0 Å². The molecule has 0 aliphatic carbocycles. The summed E-state index contributed by atoms with van der Waals surface area (Å²) in [7, 11) is 2.10. The van der Waals surface area contributed by atoms with Crippen molar-refractivity contribution in [1.29, 1.82) is 0 Å². The normalized spacial score (nSPS) is 22.2. The van der Waals surface area contributed by atoms with Crippen molar-refractivity contribution < 1.29 is 0 Å². The van der Waals surface area contributed by atoms with Crippen molar-refractivity contribution in [3.05, 3.63) is 0 Å². The average Bonchev–Trinajstić information content (AvgIpc) is 2.68. The van der Waals surface area contributed by atoms with Crippen LogP contribution in [0, 0.1) is 5.92 Å². The van der Waals surface area contributed by atoms with Crippen molar-refractivity contribution >= 4 is 29.9 Å². The summed E-state index contributed by atoms with van der Waals surface area (Å²) >= 11 is 0. The standard InChI is InChI=1S/C12H24N4.HI/c1-11-3-7-16(8-4-11)10-6-14-12-13-5-9-15(12)2;/h11H,3-10H2,1-2H3,(H,13,14);1H. The predicted octanol–water partition coefficient (Wildman–Crippen LogP) is 1.23. The van der Waals surface area contributed by atoms with Crippen molar-refractivity contribution in [2.45, 2.75) is 19.8 Å². The number of likely N-dealkylation sites (N-methyl/N-ethyl adjacent to an activating group) is 1. The van der Waals surface area contributed by atoms with Crippen LogP contribution in [0.3, 0.4) is 0 Å². The topological polar surface area (TPSA) is 30.9 Å². The minimum Gasteiger partial charge on any atom is -0.355 e. The van der Waals surface area contributed by atoms with Crippen LogP contribution in [0.2, 0.25) is 0 Å². The maximum Gasteiger partial charge on any atom is 0.193 e. The maximum absolute atomic E-state index is 4.42. The first kappa shape index (κ1) is 15.0. The Kier molecular flexibility index (Phi) is 6.54. The zero-order chi connectivity index (χ0) is 11.4. The highest BCUT2D eigenvalue weighted by Gasteiger charge is 2.16. The lowest BCUT2D eigenvalue weighted by atomic mass is 9.99. The minimum atomic E-state index is 0. The summed E-state index contributed by atoms with van der Waals surface area (Å²) in [6, 6.07) is 0. The molecule has 0 spiro atoms. The van der Waals surface area contributed by atoms with Gasteiger partial charge in [0.05, 0.1) is 6.54 Å². The molecule has 5 heteroatoms. The van der Waals surface area contributed by atoms with Crippen molar-refractivity contribution in [3.8, 4) is 0 Å². The lowest BCUT2D eigenvalue weighted by molar-refractivity contribution is 0.195. The lowest BCUT2D eigenvalue weighted by Crippen LogP contribution is -2.42. The van der Waals surface area contributed by atoms with Gasteiger partial charge in [0, 0.05) is 26.7 Å². The van der Waals surface area contributed by atoms with E-state index in [1.807, 2.05) is 0 Å². The SMILES string of the molecule is CC1CCN(CCNC2=NCCN2C)CC1.I. The summed E-state index contributed by atoms with van der Waals surface area (Å²) < 4.78 is 0. The highest BCUT2D eigenvalue weighted by molar-refractivity contribution is 14.0. The smallest absolute Gasteiger partial charge is 0.193 e. The predicted molar refractivity (Wildman–Crippen MR) is 83.2 cm³/mol. The summed E-state index contributed by atoms with van der Waals surface area (Å²) in [5.74, 6) is 2.00. The van der Waals surface area contributed by atoms with Gasteiger partial charge in [0.2, 0.25) is 0 Å². The summed E-state index contributed by atoms with van der Waals surface area (Å²) in [5.41, 5.74) is 0. The number of hydrogen-bond donors (Lipinski definition) is 1. The highest BCUT2D eigenvalue weighted by atomic mass is 127. The second kappa shape index (κ2) is 7.41. The molecule has 2 heterocycles. The monoisotopic (exact) mass is 352 g/mol. The molecule has 0 unspecified atom stereocenters. The summed E-state index contributed by atoms with van der Waals surface area (Å²) in [6.45, 7) is 9.08. The second-order valence-electron chi connectivity index (χ2n) is 5.08. The number of halogens is 1. The quantitative estimate of drug-likeness (QED) is 0.776. The van der Waals surface area contributed by atoms with E-state index in [2.05, 4.69) is 34.1 Å². The largest absolute Gasteiger partial charge is 0.355 e. The van der Waals surface area contributed by atoms with E-state index in [4.69, 9.17) is 0 Å². The van der Waals surface area contributed by atoms with Crippen LogP contribution in [0.25, 0.3) is 0 Å². The Balaban J connectivity index is 0.00000144. The Morgan fingerprint density at radius 1 is 1.29 bits per heavy atom. The second-order valence-corrected chi connectivity index (χ2v) is 5.08. The molecule has 0 amide bonds. The van der Waals surface area contributed by atoms with Gasteiger partial charge in [-0.15, -0.1) is 24.0 Å². The molecule has 2 aliphatic heterocycles. The van der Waals surface area contributed by atoms with Crippen molar-refractivity contribution in [2.24, 2.45) is 10.9 Å². The summed E-state index contributed by atoms with van der Waals surface area (Å²) in [6.07, 6.45) is 2.72. The van der Waals surface area contributed by atoms with E-state index < -0.39 is 0 Å². The minimum absolute atomic E-state index is 0. The fourth-order valence-electron chi connectivity index (χ4n) is 2.33. The number of nitrogens with one attached hydrogen (secondary N) is 1. The van der Waals surface area contributed by atoms with Gasteiger partial charge in [-0.1, -0.05) is 6.92 Å². The van der Waals surface area contributed by atoms with Crippen molar-refractivity contribution in [2.75, 3.05) is 46.3 Å². The average molecular weight is 352 g/mol. The summed E-state index contributed by atoms with van der Waals surface area (Å²) in [4.78, 5) is 9.18. The van der Waals surface area contributed by atoms with Gasteiger partial charge in [-0.3, -0.25) is 4.99 Å². The molecule has 1 N–H and O–H groups in total. The van der Waals surface area contributed by atoms with Crippen LogP contribution in [-0.2, 0) is 0 Å². The first-order chi connectivity index (χ1) is 7.75. The number of guanidine groups is 1. The van der Waals surface area contributed by atoms with E-state index >= 15 is 0 Å². The van der Waals surface area contributed by atoms with Crippen LogP contribution >= 0.6 is 24.0 Å². The maximum atomic E-state index is 4.42. The first-order valence-corrected chi connectivity index (χ1v) is 6.47. The zero-order valence-electron chi connectivity index (χ0n) is 11.0. The number of hydrogen-bond acceptors (Lipinski definition) is 4. The molecule has 0 aromatic carbocycles. The number of nitrogens with zero attached hydrogens (tertiary/aromatic N) is 3. The molecule has 100 valence electrons. The molecule has 4 nitrogen and oxygen atoms in total. The first-order valence-electron chi connectivity index (χ1n) is 6.47. The van der Waals surface area contributed by atoms with E-state index in [1.54, 1.807) is 0 Å². The van der Waals surface area contributed by atoms with E-state index in [0.717, 1.165) is 38.1 Å². The highest BCUT2D eigenvalue weighted by Crippen LogP contribution is 2.15. The number of piperidine rings is 1. The van der Waals surface area contributed by atoms with Gasteiger partial charge in [-0.25, -0.2) is 0 Å². The third-order valence-electron chi connectivity index (χ3n) is 3.65. The molecule has 0 radical (unpaired) electrons. The molecular weight excluding hydrogens is 327 g/mol. The number of aliphatic imine (C=N–C) groups is 1. The molecule has 1 fully saturated rings. The Morgan fingerprint density at radius 2 is 2.00 bits per heavy atom. The lowest BCUT2D eigenvalue weighted by Gasteiger charge is -2.30. The van der Waals surface area contributed by atoms with E-state index in [0.29, 0.717) is 0 Å². The summed E-state index contributed by atoms with van der Waals surface area (Å²) in [5, 5.41) is 3.42. The Morgan fingerprint density at radius 3 is 2.59 bits per heavy atom. The van der Waals surface area contributed by atoms with Crippen molar-refractivity contribution in [3.63, 3.8) is 0 Å². The molecule has 17 heavy (non-hydrogen) atoms. The Hall–Kier alpha value is -0.0400. The fraction of sp³-hybridized carbons (Fsp3) is 0.917. The number of rotatable bonds is 3. The van der Waals surface area contributed by atoms with Crippen LogP contribution in [0.4, 0.5) is 0 Å². The van der Waals surface area contributed by atoms with Crippen LogP contribution in [0.1, 0.15) is 19.8 Å². The van der Waals surface area contributed by atoms with E-state index in [1.165, 1.54) is 25.9 Å². The van der Waals surface area contributed by atoms with Crippen LogP contribution in [-0.4, -0.2) is 62.1 Å². The zero-order valence-corrected chi connectivity index (χ0v) is 13.3. The van der Waals surface area contributed by atoms with Gasteiger partial charge < -0.3 is 15.1 Å². The van der Waals surface area contributed by atoms with Gasteiger partial charge >= 0.3 is 0 Å². The van der Waals surface area contributed by atoms with Crippen LogP contribution in [0.15, 0.2) is 4.99 Å². The third-order valence-corrected chi connectivity index (χ3v) is 3.65.